The Morgan fingerprint density at radius 1 is 1.19 bits per heavy atom. The average molecular weight is 242 g/mol. The van der Waals surface area contributed by atoms with Crippen molar-refractivity contribution in [2.24, 2.45) is 0 Å². The molecule has 0 aromatic heterocycles. The lowest BCUT2D eigenvalue weighted by atomic mass is 9.88. The van der Waals surface area contributed by atoms with Crippen LogP contribution in [0.1, 0.15) is 44.9 Å². The van der Waals surface area contributed by atoms with Crippen LogP contribution >= 0.6 is 11.8 Å². The first-order chi connectivity index (χ1) is 7.85. The fraction of sp³-hybridized carbons (Fsp3) is 1.00. The maximum Gasteiger partial charge on any atom is 0.0281 e. The summed E-state index contributed by atoms with van der Waals surface area (Å²) in [6.45, 7) is 3.63. The van der Waals surface area contributed by atoms with Crippen molar-refractivity contribution in [2.75, 3.05) is 25.9 Å². The van der Waals surface area contributed by atoms with Crippen LogP contribution in [0.15, 0.2) is 0 Å². The molecule has 0 radical (unpaired) electrons. The zero-order valence-electron chi connectivity index (χ0n) is 10.6. The molecule has 0 aromatic carbocycles. The first kappa shape index (κ1) is 12.7. The SMILES string of the molecule is CSC1(CNC2CCNCC2)CCCCC1. The molecule has 16 heavy (non-hydrogen) atoms. The van der Waals surface area contributed by atoms with Crippen molar-refractivity contribution in [3.8, 4) is 0 Å². The maximum absolute atomic E-state index is 3.82. The second-order valence-electron chi connectivity index (χ2n) is 5.35. The molecule has 3 heteroatoms. The van der Waals surface area contributed by atoms with Gasteiger partial charge in [0, 0.05) is 17.3 Å². The van der Waals surface area contributed by atoms with Crippen LogP contribution in [0.4, 0.5) is 0 Å². The van der Waals surface area contributed by atoms with Crippen LogP contribution in [0.25, 0.3) is 0 Å². The normalized spacial score (nSPS) is 26.8. The molecule has 1 aliphatic carbocycles. The summed E-state index contributed by atoms with van der Waals surface area (Å²) in [7, 11) is 0. The predicted molar refractivity (Wildman–Crippen MR) is 73.2 cm³/mol. The molecule has 2 N–H and O–H groups in total. The summed E-state index contributed by atoms with van der Waals surface area (Å²) in [5.74, 6) is 0. The smallest absolute Gasteiger partial charge is 0.0281 e. The van der Waals surface area contributed by atoms with Gasteiger partial charge in [0.15, 0.2) is 0 Å². The van der Waals surface area contributed by atoms with Gasteiger partial charge in [-0.1, -0.05) is 19.3 Å². The van der Waals surface area contributed by atoms with Gasteiger partial charge in [0.1, 0.15) is 0 Å². The summed E-state index contributed by atoms with van der Waals surface area (Å²) in [5.41, 5.74) is 0. The van der Waals surface area contributed by atoms with E-state index in [9.17, 15) is 0 Å². The van der Waals surface area contributed by atoms with Gasteiger partial charge in [-0.25, -0.2) is 0 Å². The third kappa shape index (κ3) is 3.38. The van der Waals surface area contributed by atoms with Crippen molar-refractivity contribution < 1.29 is 0 Å². The number of thioether (sulfide) groups is 1. The molecule has 1 aliphatic heterocycles. The summed E-state index contributed by atoms with van der Waals surface area (Å²) in [6, 6.07) is 0.771. The number of hydrogen-bond acceptors (Lipinski definition) is 3. The Hall–Kier alpha value is 0.270. The van der Waals surface area contributed by atoms with E-state index >= 15 is 0 Å². The van der Waals surface area contributed by atoms with Crippen LogP contribution in [-0.4, -0.2) is 36.7 Å². The molecule has 1 heterocycles. The summed E-state index contributed by atoms with van der Waals surface area (Å²) in [5, 5.41) is 7.25. The lowest BCUT2D eigenvalue weighted by Gasteiger charge is -2.38. The Kier molecular flexibility index (Phi) is 4.98. The zero-order chi connectivity index (χ0) is 11.3. The van der Waals surface area contributed by atoms with Crippen LogP contribution in [0, 0.1) is 0 Å². The van der Waals surface area contributed by atoms with Crippen molar-refractivity contribution >= 4 is 11.8 Å². The van der Waals surface area contributed by atoms with E-state index in [1.807, 2.05) is 0 Å². The van der Waals surface area contributed by atoms with E-state index in [1.54, 1.807) is 0 Å². The number of nitrogens with one attached hydrogen (secondary N) is 2. The van der Waals surface area contributed by atoms with E-state index < -0.39 is 0 Å². The van der Waals surface area contributed by atoms with Gasteiger partial charge in [-0.2, -0.15) is 11.8 Å². The topological polar surface area (TPSA) is 24.1 Å². The molecular weight excluding hydrogens is 216 g/mol. The molecule has 2 aliphatic rings. The van der Waals surface area contributed by atoms with Gasteiger partial charge in [0.05, 0.1) is 0 Å². The van der Waals surface area contributed by atoms with E-state index in [0.29, 0.717) is 4.75 Å². The molecule has 2 nitrogen and oxygen atoms in total. The third-order valence-electron chi connectivity index (χ3n) is 4.25. The van der Waals surface area contributed by atoms with Crippen LogP contribution in [0.2, 0.25) is 0 Å². The molecule has 0 spiro atoms. The molecule has 94 valence electrons. The molecule has 0 atom stereocenters. The van der Waals surface area contributed by atoms with Gasteiger partial charge < -0.3 is 10.6 Å². The van der Waals surface area contributed by atoms with Crippen molar-refractivity contribution in [2.45, 2.75) is 55.7 Å². The van der Waals surface area contributed by atoms with Gasteiger partial charge in [-0.3, -0.25) is 0 Å². The van der Waals surface area contributed by atoms with Gasteiger partial charge in [-0.05, 0) is 45.0 Å². The highest BCUT2D eigenvalue weighted by Gasteiger charge is 2.31. The third-order valence-corrected chi connectivity index (χ3v) is 5.67. The average Bonchev–Trinajstić information content (AvgIpc) is 2.39. The Balaban J connectivity index is 1.77. The zero-order valence-corrected chi connectivity index (χ0v) is 11.4. The van der Waals surface area contributed by atoms with Crippen molar-refractivity contribution in [3.05, 3.63) is 0 Å². The maximum atomic E-state index is 3.82. The van der Waals surface area contributed by atoms with Gasteiger partial charge in [-0.15, -0.1) is 0 Å². The standard InChI is InChI=1S/C13H26N2S/c1-16-13(7-3-2-4-8-13)11-15-12-5-9-14-10-6-12/h12,14-15H,2-11H2,1H3. The van der Waals surface area contributed by atoms with E-state index in [0.717, 1.165) is 6.04 Å². The minimum absolute atomic E-state index is 0.559. The van der Waals surface area contributed by atoms with E-state index in [-0.39, 0.29) is 0 Å². The Morgan fingerprint density at radius 2 is 1.88 bits per heavy atom. The highest BCUT2D eigenvalue weighted by molar-refractivity contribution is 8.00. The first-order valence-electron chi connectivity index (χ1n) is 6.84. The number of rotatable bonds is 4. The quantitative estimate of drug-likeness (QED) is 0.791. The van der Waals surface area contributed by atoms with Gasteiger partial charge >= 0.3 is 0 Å². The molecule has 0 aromatic rings. The summed E-state index contributed by atoms with van der Waals surface area (Å²) < 4.78 is 0.559. The highest BCUT2D eigenvalue weighted by Crippen LogP contribution is 2.38. The minimum atomic E-state index is 0.559. The van der Waals surface area contributed by atoms with Crippen molar-refractivity contribution in [1.29, 1.82) is 0 Å². The Labute approximate surface area is 104 Å². The lowest BCUT2D eigenvalue weighted by Crippen LogP contribution is -2.47. The van der Waals surface area contributed by atoms with Crippen molar-refractivity contribution in [1.82, 2.24) is 10.6 Å². The van der Waals surface area contributed by atoms with Crippen LogP contribution in [0.5, 0.6) is 0 Å². The van der Waals surface area contributed by atoms with Gasteiger partial charge in [0.2, 0.25) is 0 Å². The molecule has 0 unspecified atom stereocenters. The molecule has 2 fully saturated rings. The van der Waals surface area contributed by atoms with E-state index in [2.05, 4.69) is 28.7 Å². The number of piperidine rings is 1. The molecule has 0 amide bonds. The predicted octanol–water partition coefficient (Wildman–Crippen LogP) is 2.39. The van der Waals surface area contributed by atoms with Crippen molar-refractivity contribution in [3.63, 3.8) is 0 Å². The van der Waals surface area contributed by atoms with Crippen LogP contribution in [0.3, 0.4) is 0 Å². The Morgan fingerprint density at radius 3 is 2.50 bits per heavy atom. The first-order valence-corrected chi connectivity index (χ1v) is 8.06. The van der Waals surface area contributed by atoms with E-state index in [4.69, 9.17) is 0 Å². The molecule has 1 saturated heterocycles. The number of hydrogen-bond donors (Lipinski definition) is 2. The fourth-order valence-electron chi connectivity index (χ4n) is 3.01. The fourth-order valence-corrected chi connectivity index (χ4v) is 3.93. The van der Waals surface area contributed by atoms with E-state index in [1.165, 1.54) is 64.6 Å². The van der Waals surface area contributed by atoms with Gasteiger partial charge in [0.25, 0.3) is 0 Å². The molecule has 0 bridgehead atoms. The summed E-state index contributed by atoms with van der Waals surface area (Å²) in [4.78, 5) is 0. The van der Waals surface area contributed by atoms with Crippen LogP contribution in [-0.2, 0) is 0 Å². The minimum Gasteiger partial charge on any atom is -0.317 e. The second kappa shape index (κ2) is 6.27. The molecule has 1 saturated carbocycles. The highest BCUT2D eigenvalue weighted by atomic mass is 32.2. The Bertz CT molecular complexity index is 196. The monoisotopic (exact) mass is 242 g/mol. The largest absolute Gasteiger partial charge is 0.317 e. The summed E-state index contributed by atoms with van der Waals surface area (Å²) >= 11 is 2.10. The molecule has 2 rings (SSSR count). The van der Waals surface area contributed by atoms with Crippen LogP contribution < -0.4 is 10.6 Å². The molecular formula is C13H26N2S. The summed E-state index contributed by atoms with van der Waals surface area (Å²) in [6.07, 6.45) is 12.1. The lowest BCUT2D eigenvalue weighted by molar-refractivity contribution is 0.330. The second-order valence-corrected chi connectivity index (χ2v) is 6.63.